The Balaban J connectivity index is 1.82. The van der Waals surface area contributed by atoms with Crippen molar-refractivity contribution in [3.63, 3.8) is 0 Å². The Bertz CT molecular complexity index is 247. The van der Waals surface area contributed by atoms with Gasteiger partial charge in [0, 0.05) is 13.2 Å². The molecule has 0 unspecified atom stereocenters. The fourth-order valence-corrected chi connectivity index (χ4v) is 3.59. The molecule has 18 heavy (non-hydrogen) atoms. The van der Waals surface area contributed by atoms with Crippen LogP contribution >= 0.6 is 0 Å². The van der Waals surface area contributed by atoms with Crippen molar-refractivity contribution in [1.29, 1.82) is 0 Å². The first kappa shape index (κ1) is 14.3. The molecule has 0 aromatic rings. The number of piperidine rings is 1. The van der Waals surface area contributed by atoms with Crippen LogP contribution in [0.2, 0.25) is 0 Å². The Morgan fingerprint density at radius 2 is 1.61 bits per heavy atom. The van der Waals surface area contributed by atoms with E-state index < -0.39 is 5.60 Å². The minimum atomic E-state index is -0.427. The highest BCUT2D eigenvalue weighted by atomic mass is 16.3. The fourth-order valence-electron chi connectivity index (χ4n) is 3.59. The van der Waals surface area contributed by atoms with Gasteiger partial charge in [0.15, 0.2) is 0 Å². The smallest absolute Gasteiger partial charge is 0.0774 e. The molecule has 2 fully saturated rings. The van der Waals surface area contributed by atoms with Crippen LogP contribution in [0.4, 0.5) is 0 Å². The fraction of sp³-hybridized carbons (Fsp3) is 1.00. The van der Waals surface area contributed by atoms with E-state index >= 15 is 0 Å². The predicted octanol–water partition coefficient (Wildman–Crippen LogP) is 2.17. The SMILES string of the molecule is CCC1(CO)CCN(CC2(O)CCCCC2)CC1. The molecule has 1 aliphatic heterocycles. The highest BCUT2D eigenvalue weighted by Crippen LogP contribution is 2.36. The lowest BCUT2D eigenvalue weighted by molar-refractivity contribution is -0.0453. The minimum absolute atomic E-state index is 0.158. The van der Waals surface area contributed by atoms with E-state index in [1.165, 1.54) is 19.3 Å². The molecule has 0 amide bonds. The van der Waals surface area contributed by atoms with Crippen molar-refractivity contribution in [2.45, 2.75) is 63.9 Å². The first-order valence-electron chi connectivity index (χ1n) is 7.67. The van der Waals surface area contributed by atoms with Crippen LogP contribution in [-0.2, 0) is 0 Å². The summed E-state index contributed by atoms with van der Waals surface area (Å²) in [6.45, 7) is 5.42. The van der Waals surface area contributed by atoms with E-state index in [1.807, 2.05) is 0 Å². The molecular weight excluding hydrogens is 226 g/mol. The molecule has 106 valence electrons. The van der Waals surface area contributed by atoms with Gasteiger partial charge in [-0.25, -0.2) is 0 Å². The molecule has 0 aromatic carbocycles. The third-order valence-electron chi connectivity index (χ3n) is 5.30. The molecule has 2 aliphatic rings. The Labute approximate surface area is 111 Å². The van der Waals surface area contributed by atoms with E-state index in [1.54, 1.807) is 0 Å². The van der Waals surface area contributed by atoms with Gasteiger partial charge in [-0.1, -0.05) is 26.2 Å². The van der Waals surface area contributed by atoms with Crippen LogP contribution < -0.4 is 0 Å². The van der Waals surface area contributed by atoms with E-state index in [2.05, 4.69) is 11.8 Å². The maximum atomic E-state index is 10.6. The highest BCUT2D eigenvalue weighted by Gasteiger charge is 2.36. The number of likely N-dealkylation sites (tertiary alicyclic amines) is 1. The maximum Gasteiger partial charge on any atom is 0.0774 e. The number of hydrogen-bond donors (Lipinski definition) is 2. The quantitative estimate of drug-likeness (QED) is 0.809. The van der Waals surface area contributed by atoms with E-state index in [0.29, 0.717) is 6.61 Å². The number of rotatable bonds is 4. The maximum absolute atomic E-state index is 10.6. The van der Waals surface area contributed by atoms with Gasteiger partial charge in [0.05, 0.1) is 5.60 Å². The molecule has 3 nitrogen and oxygen atoms in total. The Morgan fingerprint density at radius 3 is 2.11 bits per heavy atom. The summed E-state index contributed by atoms with van der Waals surface area (Å²) in [5.41, 5.74) is -0.268. The van der Waals surface area contributed by atoms with Crippen LogP contribution in [0, 0.1) is 5.41 Å². The van der Waals surface area contributed by atoms with E-state index in [-0.39, 0.29) is 5.41 Å². The molecule has 3 heteroatoms. The second-order valence-corrected chi connectivity index (χ2v) is 6.57. The number of hydrogen-bond acceptors (Lipinski definition) is 3. The first-order valence-corrected chi connectivity index (χ1v) is 7.67. The Hall–Kier alpha value is -0.120. The molecule has 1 heterocycles. The summed E-state index contributed by atoms with van der Waals surface area (Å²) in [4.78, 5) is 2.41. The summed E-state index contributed by atoms with van der Waals surface area (Å²) in [6.07, 6.45) is 8.82. The number of nitrogens with zero attached hydrogens (tertiary/aromatic N) is 1. The molecule has 0 bridgehead atoms. The lowest BCUT2D eigenvalue weighted by Crippen LogP contribution is -2.49. The monoisotopic (exact) mass is 255 g/mol. The zero-order valence-electron chi connectivity index (χ0n) is 11.8. The van der Waals surface area contributed by atoms with E-state index in [0.717, 1.165) is 51.7 Å². The van der Waals surface area contributed by atoms with Gasteiger partial charge >= 0.3 is 0 Å². The molecule has 1 saturated carbocycles. The highest BCUT2D eigenvalue weighted by molar-refractivity contribution is 4.90. The van der Waals surface area contributed by atoms with E-state index in [9.17, 15) is 10.2 Å². The number of β-amino-alcohol motifs (C(OH)–C–C–N with tert-alkyl or cyclic N) is 1. The lowest BCUT2D eigenvalue weighted by atomic mass is 9.76. The molecule has 2 N–H and O–H groups in total. The van der Waals surface area contributed by atoms with Crippen molar-refractivity contribution in [2.75, 3.05) is 26.2 Å². The second kappa shape index (κ2) is 5.89. The number of aliphatic hydroxyl groups excluding tert-OH is 1. The first-order chi connectivity index (χ1) is 8.61. The van der Waals surface area contributed by atoms with Crippen molar-refractivity contribution in [3.05, 3.63) is 0 Å². The van der Waals surface area contributed by atoms with Gasteiger partial charge in [-0.2, -0.15) is 0 Å². The molecular formula is C15H29NO2. The van der Waals surface area contributed by atoms with E-state index in [4.69, 9.17) is 0 Å². The van der Waals surface area contributed by atoms with Crippen molar-refractivity contribution in [3.8, 4) is 0 Å². The summed E-state index contributed by atoms with van der Waals surface area (Å²) >= 11 is 0. The largest absolute Gasteiger partial charge is 0.396 e. The van der Waals surface area contributed by atoms with Gasteiger partial charge in [-0.3, -0.25) is 0 Å². The van der Waals surface area contributed by atoms with Crippen molar-refractivity contribution < 1.29 is 10.2 Å². The van der Waals surface area contributed by atoms with Gasteiger partial charge in [-0.15, -0.1) is 0 Å². The van der Waals surface area contributed by atoms with Gasteiger partial charge in [0.2, 0.25) is 0 Å². The van der Waals surface area contributed by atoms with Crippen LogP contribution in [0.15, 0.2) is 0 Å². The molecule has 1 aliphatic carbocycles. The summed E-state index contributed by atoms with van der Waals surface area (Å²) in [5, 5.41) is 20.1. The van der Waals surface area contributed by atoms with Crippen LogP contribution in [0.1, 0.15) is 58.3 Å². The van der Waals surface area contributed by atoms with Gasteiger partial charge in [0.1, 0.15) is 0 Å². The Morgan fingerprint density at radius 1 is 1.00 bits per heavy atom. The topological polar surface area (TPSA) is 43.7 Å². The molecule has 0 aromatic heterocycles. The summed E-state index contributed by atoms with van der Waals surface area (Å²) in [7, 11) is 0. The van der Waals surface area contributed by atoms with Crippen LogP contribution in [0.5, 0.6) is 0 Å². The third-order valence-corrected chi connectivity index (χ3v) is 5.30. The van der Waals surface area contributed by atoms with Gasteiger partial charge in [-0.05, 0) is 50.6 Å². The predicted molar refractivity (Wildman–Crippen MR) is 73.5 cm³/mol. The summed E-state index contributed by atoms with van der Waals surface area (Å²) < 4.78 is 0. The standard InChI is InChI=1S/C15H29NO2/c1-2-14(13-17)8-10-16(11-9-14)12-15(18)6-4-3-5-7-15/h17-18H,2-13H2,1H3. The van der Waals surface area contributed by atoms with Crippen molar-refractivity contribution in [1.82, 2.24) is 4.90 Å². The lowest BCUT2D eigenvalue weighted by Gasteiger charge is -2.44. The molecule has 2 rings (SSSR count). The molecule has 0 spiro atoms. The third kappa shape index (κ3) is 3.25. The Kier molecular flexibility index (Phi) is 4.68. The van der Waals surface area contributed by atoms with Crippen molar-refractivity contribution in [2.24, 2.45) is 5.41 Å². The molecule has 1 saturated heterocycles. The average Bonchev–Trinajstić information content (AvgIpc) is 2.40. The van der Waals surface area contributed by atoms with Crippen molar-refractivity contribution >= 4 is 0 Å². The van der Waals surface area contributed by atoms with Crippen LogP contribution in [-0.4, -0.2) is 47.0 Å². The molecule has 0 radical (unpaired) electrons. The normalized spacial score (nSPS) is 28.2. The van der Waals surface area contributed by atoms with Crippen LogP contribution in [0.3, 0.4) is 0 Å². The minimum Gasteiger partial charge on any atom is -0.396 e. The van der Waals surface area contributed by atoms with Crippen LogP contribution in [0.25, 0.3) is 0 Å². The summed E-state index contributed by atoms with van der Waals surface area (Å²) in [6, 6.07) is 0. The summed E-state index contributed by atoms with van der Waals surface area (Å²) in [5.74, 6) is 0. The second-order valence-electron chi connectivity index (χ2n) is 6.57. The van der Waals surface area contributed by atoms with Gasteiger partial charge < -0.3 is 15.1 Å². The van der Waals surface area contributed by atoms with Gasteiger partial charge in [0.25, 0.3) is 0 Å². The zero-order chi connectivity index (χ0) is 13.1. The average molecular weight is 255 g/mol. The number of aliphatic hydroxyl groups is 2. The molecule has 0 atom stereocenters. The zero-order valence-corrected chi connectivity index (χ0v) is 11.8.